The molecule has 0 amide bonds. The maximum Gasteiger partial charge on any atom is 0.369 e. The van der Waals surface area contributed by atoms with Crippen LogP contribution in [0.4, 0.5) is 0 Å². The van der Waals surface area contributed by atoms with E-state index >= 15 is 0 Å². The van der Waals surface area contributed by atoms with E-state index in [9.17, 15) is 4.57 Å². The Hall–Kier alpha value is -0.320. The van der Waals surface area contributed by atoms with Gasteiger partial charge in [0.1, 0.15) is 0 Å². The highest BCUT2D eigenvalue weighted by Crippen LogP contribution is 2.58. The van der Waals surface area contributed by atoms with Crippen molar-refractivity contribution in [1.29, 1.82) is 0 Å². The lowest BCUT2D eigenvalue weighted by Crippen LogP contribution is -2.14. The van der Waals surface area contributed by atoms with Gasteiger partial charge < -0.3 is 13.8 Å². The largest absolute Gasteiger partial charge is 0.369 e. The smallest absolute Gasteiger partial charge is 0.355 e. The van der Waals surface area contributed by atoms with Gasteiger partial charge in [0.05, 0.1) is 13.2 Å². The molecule has 1 aromatic rings. The first-order valence-corrected chi connectivity index (χ1v) is 8.87. The Balaban J connectivity index is 2.87. The summed E-state index contributed by atoms with van der Waals surface area (Å²) >= 11 is 1.36. The van der Waals surface area contributed by atoms with Crippen LogP contribution >= 0.6 is 19.4 Å². The fourth-order valence-corrected chi connectivity index (χ4v) is 4.83. The second-order valence-electron chi connectivity index (χ2n) is 3.57. The van der Waals surface area contributed by atoms with Crippen LogP contribution in [0.5, 0.6) is 0 Å². The Morgan fingerprint density at radius 3 is 2.11 bits per heavy atom. The van der Waals surface area contributed by atoms with E-state index in [1.807, 2.05) is 37.3 Å². The van der Waals surface area contributed by atoms with Gasteiger partial charge in [0.15, 0.2) is 0 Å². The SMILES string of the molecule is CCOC(Sc1ccccc1)P(=O)(OCC)OCC. The Morgan fingerprint density at radius 2 is 1.63 bits per heavy atom. The summed E-state index contributed by atoms with van der Waals surface area (Å²) in [4.78, 5) is 0.973. The summed E-state index contributed by atoms with van der Waals surface area (Å²) in [6.45, 7) is 6.56. The van der Waals surface area contributed by atoms with E-state index in [0.717, 1.165) is 4.90 Å². The van der Waals surface area contributed by atoms with Crippen LogP contribution in [0.15, 0.2) is 35.2 Å². The Morgan fingerprint density at radius 1 is 1.05 bits per heavy atom. The highest BCUT2D eigenvalue weighted by Gasteiger charge is 2.37. The molecule has 0 radical (unpaired) electrons. The summed E-state index contributed by atoms with van der Waals surface area (Å²) < 4.78 is 29.0. The molecule has 19 heavy (non-hydrogen) atoms. The van der Waals surface area contributed by atoms with Crippen LogP contribution in [-0.2, 0) is 18.3 Å². The molecule has 6 heteroatoms. The lowest BCUT2D eigenvalue weighted by atomic mass is 10.4. The van der Waals surface area contributed by atoms with Gasteiger partial charge in [-0.2, -0.15) is 0 Å². The van der Waals surface area contributed by atoms with Crippen molar-refractivity contribution in [2.75, 3.05) is 19.8 Å². The highest BCUT2D eigenvalue weighted by molar-refractivity contribution is 8.05. The Labute approximate surface area is 119 Å². The summed E-state index contributed by atoms with van der Waals surface area (Å²) in [6.07, 6.45) is 0. The Bertz CT molecular complexity index is 389. The fourth-order valence-electron chi connectivity index (χ4n) is 1.47. The van der Waals surface area contributed by atoms with Crippen LogP contribution < -0.4 is 0 Å². The van der Waals surface area contributed by atoms with Gasteiger partial charge in [0.25, 0.3) is 0 Å². The molecule has 0 aliphatic heterocycles. The zero-order valence-corrected chi connectivity index (χ0v) is 13.3. The molecular weight excluding hydrogens is 283 g/mol. The molecule has 0 aliphatic carbocycles. The van der Waals surface area contributed by atoms with E-state index in [0.29, 0.717) is 19.8 Å². The fraction of sp³-hybridized carbons (Fsp3) is 0.538. The van der Waals surface area contributed by atoms with Crippen molar-refractivity contribution in [1.82, 2.24) is 0 Å². The molecule has 1 unspecified atom stereocenters. The van der Waals surface area contributed by atoms with Crippen molar-refractivity contribution in [3.05, 3.63) is 30.3 Å². The molecule has 1 rings (SSSR count). The predicted octanol–water partition coefficient (Wildman–Crippen LogP) is 4.36. The van der Waals surface area contributed by atoms with Gasteiger partial charge >= 0.3 is 7.60 Å². The van der Waals surface area contributed by atoms with Gasteiger partial charge in [-0.1, -0.05) is 30.0 Å². The monoisotopic (exact) mass is 304 g/mol. The van der Waals surface area contributed by atoms with E-state index in [4.69, 9.17) is 13.8 Å². The quantitative estimate of drug-likeness (QED) is 0.385. The maximum absolute atomic E-state index is 12.7. The Kier molecular flexibility index (Phi) is 7.73. The third kappa shape index (κ3) is 5.28. The molecule has 0 aromatic heterocycles. The first kappa shape index (κ1) is 16.7. The minimum absolute atomic E-state index is 0.330. The summed E-state index contributed by atoms with van der Waals surface area (Å²) in [5.74, 6) is 0. The van der Waals surface area contributed by atoms with Gasteiger partial charge in [0.2, 0.25) is 5.18 Å². The van der Waals surface area contributed by atoms with Crippen LogP contribution in [0.2, 0.25) is 0 Å². The van der Waals surface area contributed by atoms with Crippen molar-refractivity contribution in [2.24, 2.45) is 0 Å². The molecule has 4 nitrogen and oxygen atoms in total. The van der Waals surface area contributed by atoms with Crippen molar-refractivity contribution in [3.63, 3.8) is 0 Å². The lowest BCUT2D eigenvalue weighted by Gasteiger charge is -2.25. The van der Waals surface area contributed by atoms with E-state index in [-0.39, 0.29) is 0 Å². The summed E-state index contributed by atoms with van der Waals surface area (Å²) in [5, 5.41) is -0.639. The van der Waals surface area contributed by atoms with E-state index in [1.54, 1.807) is 13.8 Å². The summed E-state index contributed by atoms with van der Waals surface area (Å²) in [7, 11) is -3.27. The first-order chi connectivity index (χ1) is 9.16. The predicted molar refractivity (Wildman–Crippen MR) is 78.6 cm³/mol. The van der Waals surface area contributed by atoms with E-state index in [2.05, 4.69) is 0 Å². The minimum atomic E-state index is -3.27. The maximum atomic E-state index is 12.7. The average molecular weight is 304 g/mol. The van der Waals surface area contributed by atoms with Crippen LogP contribution in [-0.4, -0.2) is 25.0 Å². The number of benzene rings is 1. The molecule has 1 atom stereocenters. The second-order valence-corrected chi connectivity index (χ2v) is 7.12. The van der Waals surface area contributed by atoms with Gasteiger partial charge in [-0.25, -0.2) is 0 Å². The van der Waals surface area contributed by atoms with Gasteiger partial charge in [0, 0.05) is 11.5 Å². The first-order valence-electron chi connectivity index (χ1n) is 6.38. The highest BCUT2D eigenvalue weighted by atomic mass is 32.2. The molecule has 0 saturated carbocycles. The molecule has 0 aliphatic rings. The number of rotatable bonds is 9. The van der Waals surface area contributed by atoms with Crippen LogP contribution in [0.1, 0.15) is 20.8 Å². The lowest BCUT2D eigenvalue weighted by molar-refractivity contribution is 0.124. The zero-order chi connectivity index (χ0) is 14.1. The molecule has 0 spiro atoms. The standard InChI is InChI=1S/C13H21O4PS/c1-4-15-13(18(14,16-5-2)17-6-3)19-12-10-8-7-9-11-12/h7-11,13H,4-6H2,1-3H3. The normalized spacial score (nSPS) is 13.4. The average Bonchev–Trinajstić information content (AvgIpc) is 2.40. The topological polar surface area (TPSA) is 44.8 Å². The van der Waals surface area contributed by atoms with Crippen molar-refractivity contribution in [3.8, 4) is 0 Å². The third-order valence-corrected chi connectivity index (χ3v) is 6.04. The minimum Gasteiger partial charge on any atom is -0.355 e. The van der Waals surface area contributed by atoms with Crippen LogP contribution in [0.25, 0.3) is 0 Å². The number of thioether (sulfide) groups is 1. The van der Waals surface area contributed by atoms with Gasteiger partial charge in [-0.15, -0.1) is 0 Å². The number of hydrogen-bond donors (Lipinski definition) is 0. The molecular formula is C13H21O4PS. The molecule has 0 bridgehead atoms. The number of hydrogen-bond acceptors (Lipinski definition) is 5. The molecule has 108 valence electrons. The van der Waals surface area contributed by atoms with Crippen molar-refractivity contribution >= 4 is 19.4 Å². The van der Waals surface area contributed by atoms with Gasteiger partial charge in [-0.3, -0.25) is 4.57 Å². The molecule has 0 fully saturated rings. The van der Waals surface area contributed by atoms with Gasteiger partial charge in [-0.05, 0) is 32.9 Å². The van der Waals surface area contributed by atoms with Crippen molar-refractivity contribution < 1.29 is 18.3 Å². The molecule has 0 saturated heterocycles. The van der Waals surface area contributed by atoms with Crippen molar-refractivity contribution in [2.45, 2.75) is 30.8 Å². The molecule has 1 aromatic carbocycles. The third-order valence-electron chi connectivity index (χ3n) is 2.17. The molecule has 0 N–H and O–H groups in total. The zero-order valence-electron chi connectivity index (χ0n) is 11.6. The summed E-state index contributed by atoms with van der Waals surface area (Å²) in [6, 6.07) is 9.68. The second kappa shape index (κ2) is 8.77. The van der Waals surface area contributed by atoms with E-state index in [1.165, 1.54) is 11.8 Å². The molecule has 0 heterocycles. The number of ether oxygens (including phenoxy) is 1. The van der Waals surface area contributed by atoms with Crippen LogP contribution in [0.3, 0.4) is 0 Å². The van der Waals surface area contributed by atoms with Crippen LogP contribution in [0, 0.1) is 0 Å². The summed E-state index contributed by atoms with van der Waals surface area (Å²) in [5.41, 5.74) is 0. The van der Waals surface area contributed by atoms with E-state index < -0.39 is 12.8 Å².